The van der Waals surface area contributed by atoms with Crippen LogP contribution in [0.25, 0.3) is 0 Å². The molecule has 1 saturated heterocycles. The van der Waals surface area contributed by atoms with Crippen molar-refractivity contribution in [3.05, 3.63) is 34.4 Å². The van der Waals surface area contributed by atoms with E-state index in [2.05, 4.69) is 0 Å². The first-order chi connectivity index (χ1) is 16.7. The number of carbonyl (C=O) groups is 4. The molecule has 1 N–H and O–H groups in total. The van der Waals surface area contributed by atoms with Crippen molar-refractivity contribution in [2.75, 3.05) is 6.61 Å². The summed E-state index contributed by atoms with van der Waals surface area (Å²) in [6.45, 7) is 2.31. The van der Waals surface area contributed by atoms with Gasteiger partial charge in [0.2, 0.25) is 6.29 Å². The summed E-state index contributed by atoms with van der Waals surface area (Å²) in [4.78, 5) is 56.7. The molecule has 1 fully saturated rings. The van der Waals surface area contributed by atoms with Gasteiger partial charge in [-0.25, -0.2) is 0 Å². The van der Waals surface area contributed by atoms with Crippen LogP contribution in [0.1, 0.15) is 20.8 Å². The van der Waals surface area contributed by atoms with Gasteiger partial charge in [-0.1, -0.05) is 0 Å². The van der Waals surface area contributed by atoms with E-state index in [-0.39, 0.29) is 11.4 Å². The second-order valence-electron chi connectivity index (χ2n) is 7.36. The van der Waals surface area contributed by atoms with Crippen LogP contribution in [0.3, 0.4) is 0 Å². The van der Waals surface area contributed by atoms with Crippen LogP contribution in [0, 0.1) is 10.1 Å². The first-order valence-electron chi connectivity index (χ1n) is 10.1. The van der Waals surface area contributed by atoms with Gasteiger partial charge >= 0.3 is 30.0 Å². The van der Waals surface area contributed by atoms with Gasteiger partial charge in [0, 0.05) is 32.9 Å². The second kappa shape index (κ2) is 11.7. The number of alkyl halides is 3. The third-order valence-electron chi connectivity index (χ3n) is 4.56. The fraction of sp³-hybridized carbons (Fsp3) is 0.500. The summed E-state index contributed by atoms with van der Waals surface area (Å²) in [7, 11) is 0. The molecule has 0 aromatic heterocycles. The van der Waals surface area contributed by atoms with Gasteiger partial charge in [0.05, 0.1) is 4.92 Å². The summed E-state index contributed by atoms with van der Waals surface area (Å²) in [6.07, 6.45) is -12.1. The quantitative estimate of drug-likeness (QED) is 0.225. The summed E-state index contributed by atoms with van der Waals surface area (Å²) in [5.74, 6) is -5.36. The van der Waals surface area contributed by atoms with Crippen LogP contribution in [-0.4, -0.2) is 72.2 Å². The maximum atomic E-state index is 13.1. The average Bonchev–Trinajstić information content (AvgIpc) is 2.75. The van der Waals surface area contributed by atoms with Crippen molar-refractivity contribution in [1.82, 2.24) is 5.32 Å². The molecular weight excluding hydrogens is 501 g/mol. The molecule has 16 heteroatoms. The van der Waals surface area contributed by atoms with Gasteiger partial charge in [-0.05, 0) is 12.1 Å². The van der Waals surface area contributed by atoms with Gasteiger partial charge in [-0.2, -0.15) is 13.2 Å². The number of nitrogens with one attached hydrogen (secondary N) is 1. The van der Waals surface area contributed by atoms with Crippen LogP contribution in [0.2, 0.25) is 0 Å². The minimum absolute atomic E-state index is 0.143. The Kier molecular flexibility index (Phi) is 9.16. The lowest BCUT2D eigenvalue weighted by molar-refractivity contribution is -0.384. The first kappa shape index (κ1) is 28.3. The number of hydrogen-bond donors (Lipinski definition) is 1. The van der Waals surface area contributed by atoms with E-state index in [4.69, 9.17) is 23.7 Å². The van der Waals surface area contributed by atoms with Crippen LogP contribution in [0.5, 0.6) is 5.75 Å². The maximum Gasteiger partial charge on any atom is 0.471 e. The second-order valence-corrected chi connectivity index (χ2v) is 7.36. The van der Waals surface area contributed by atoms with Gasteiger partial charge in [-0.15, -0.1) is 0 Å². The summed E-state index contributed by atoms with van der Waals surface area (Å²) in [6, 6.07) is 2.36. The summed E-state index contributed by atoms with van der Waals surface area (Å²) in [5, 5.41) is 12.5. The van der Waals surface area contributed by atoms with E-state index >= 15 is 0 Å². The Balaban J connectivity index is 2.52. The van der Waals surface area contributed by atoms with Crippen molar-refractivity contribution in [3.8, 4) is 5.75 Å². The number of benzene rings is 1. The Morgan fingerprint density at radius 3 is 2.03 bits per heavy atom. The zero-order valence-corrected chi connectivity index (χ0v) is 19.0. The van der Waals surface area contributed by atoms with Crippen molar-refractivity contribution < 1.29 is 61.0 Å². The Labute approximate surface area is 200 Å². The zero-order valence-electron chi connectivity index (χ0n) is 19.0. The van der Waals surface area contributed by atoms with Gasteiger partial charge in [0.25, 0.3) is 5.69 Å². The number of nitro groups is 1. The number of amides is 1. The number of nitrogens with zero attached hydrogens (tertiary/aromatic N) is 1. The van der Waals surface area contributed by atoms with Gasteiger partial charge < -0.3 is 29.0 Å². The molecule has 1 aromatic rings. The molecule has 0 radical (unpaired) electrons. The molecule has 36 heavy (non-hydrogen) atoms. The predicted molar refractivity (Wildman–Crippen MR) is 108 cm³/mol. The SMILES string of the molecule is CC(=O)OC[C@H]1O[C@@H](Oc2ccc([N+](=O)[O-])cc2)[C@H](NC(=O)C(F)(F)F)[C@@H](OC(C)=O)[C@@H]1OC(C)=O. The molecule has 198 valence electrons. The number of carbonyl (C=O) groups excluding carboxylic acids is 4. The smallest absolute Gasteiger partial charge is 0.463 e. The number of hydrogen-bond acceptors (Lipinski definition) is 11. The molecule has 1 heterocycles. The molecular formula is C20H21F3N2O11. The molecule has 0 bridgehead atoms. The first-order valence-corrected chi connectivity index (χ1v) is 10.1. The molecule has 0 saturated carbocycles. The van der Waals surface area contributed by atoms with Crippen LogP contribution in [0.15, 0.2) is 24.3 Å². The monoisotopic (exact) mass is 522 g/mol. The predicted octanol–water partition coefficient (Wildman–Crippen LogP) is 1.17. The van der Waals surface area contributed by atoms with Crippen molar-refractivity contribution in [3.63, 3.8) is 0 Å². The Morgan fingerprint density at radius 1 is 1.00 bits per heavy atom. The molecule has 0 aliphatic carbocycles. The van der Waals surface area contributed by atoms with E-state index in [0.29, 0.717) is 0 Å². The van der Waals surface area contributed by atoms with Crippen LogP contribution >= 0.6 is 0 Å². The zero-order chi connectivity index (χ0) is 27.2. The highest BCUT2D eigenvalue weighted by Crippen LogP contribution is 2.30. The lowest BCUT2D eigenvalue weighted by Crippen LogP contribution is -2.68. The molecule has 0 spiro atoms. The summed E-state index contributed by atoms with van der Waals surface area (Å²) < 4.78 is 65.3. The number of rotatable bonds is 8. The van der Waals surface area contributed by atoms with Crippen molar-refractivity contribution in [2.45, 2.75) is 57.6 Å². The lowest BCUT2D eigenvalue weighted by Gasteiger charge is -2.44. The number of nitro benzene ring substituents is 1. The molecule has 1 aromatic carbocycles. The molecule has 13 nitrogen and oxygen atoms in total. The minimum atomic E-state index is -5.37. The van der Waals surface area contributed by atoms with Gasteiger partial charge in [-0.3, -0.25) is 29.3 Å². The molecule has 0 unspecified atom stereocenters. The van der Waals surface area contributed by atoms with E-state index in [1.54, 1.807) is 5.32 Å². The van der Waals surface area contributed by atoms with E-state index < -0.39 is 72.2 Å². The highest BCUT2D eigenvalue weighted by atomic mass is 19.4. The Bertz CT molecular complexity index is 1000. The highest BCUT2D eigenvalue weighted by Gasteiger charge is 2.54. The summed E-state index contributed by atoms with van der Waals surface area (Å²) in [5.41, 5.74) is -0.325. The number of esters is 3. The van der Waals surface area contributed by atoms with E-state index in [0.717, 1.165) is 45.0 Å². The minimum Gasteiger partial charge on any atom is -0.463 e. The topological polar surface area (TPSA) is 170 Å². The third-order valence-corrected chi connectivity index (χ3v) is 4.56. The normalized spacial score (nSPS) is 23.7. The van der Waals surface area contributed by atoms with Gasteiger partial charge in [0.15, 0.2) is 12.2 Å². The molecule has 1 amide bonds. The van der Waals surface area contributed by atoms with E-state index in [1.807, 2.05) is 0 Å². The number of ether oxygens (including phenoxy) is 5. The molecule has 1 aliphatic heterocycles. The lowest BCUT2D eigenvalue weighted by atomic mass is 9.96. The molecule has 2 rings (SSSR count). The number of halogens is 3. The largest absolute Gasteiger partial charge is 0.471 e. The highest BCUT2D eigenvalue weighted by molar-refractivity contribution is 5.82. The van der Waals surface area contributed by atoms with Crippen molar-refractivity contribution >= 4 is 29.5 Å². The van der Waals surface area contributed by atoms with Gasteiger partial charge in [0.1, 0.15) is 24.5 Å². The molecule has 5 atom stereocenters. The fourth-order valence-electron chi connectivity index (χ4n) is 3.17. The third kappa shape index (κ3) is 7.79. The van der Waals surface area contributed by atoms with Crippen molar-refractivity contribution in [2.24, 2.45) is 0 Å². The summed E-state index contributed by atoms with van der Waals surface area (Å²) >= 11 is 0. The number of non-ortho nitro benzene ring substituents is 1. The van der Waals surface area contributed by atoms with E-state index in [1.165, 1.54) is 0 Å². The standard InChI is InChI=1S/C20H21F3N2O11/c1-9(26)32-8-14-16(33-10(2)27)17(34-11(3)28)15(24-19(29)20(21,22)23)18(36-14)35-13-6-4-12(5-7-13)25(30)31/h4-7,14-18H,8H2,1-3H3,(H,24,29)/t14-,15-,16-,17-,18-/m1/s1. The van der Waals surface area contributed by atoms with E-state index in [9.17, 15) is 42.5 Å². The fourth-order valence-corrected chi connectivity index (χ4v) is 3.17. The Morgan fingerprint density at radius 2 is 1.56 bits per heavy atom. The van der Waals surface area contributed by atoms with Crippen LogP contribution in [-0.2, 0) is 38.1 Å². The van der Waals surface area contributed by atoms with Crippen LogP contribution in [0.4, 0.5) is 18.9 Å². The maximum absolute atomic E-state index is 13.1. The Hall–Kier alpha value is -3.95. The van der Waals surface area contributed by atoms with Crippen LogP contribution < -0.4 is 10.1 Å². The van der Waals surface area contributed by atoms with Crippen molar-refractivity contribution in [1.29, 1.82) is 0 Å². The average molecular weight is 522 g/mol. The molecule has 1 aliphatic rings.